The first-order chi connectivity index (χ1) is 9.11. The molecule has 0 amide bonds. The number of rotatable bonds is 3. The van der Waals surface area contributed by atoms with Crippen LogP contribution in [0.25, 0.3) is 5.65 Å². The van der Waals surface area contributed by atoms with Gasteiger partial charge in [0, 0.05) is 12.4 Å². The summed E-state index contributed by atoms with van der Waals surface area (Å²) < 4.78 is 3.42. The minimum Gasteiger partial charge on any atom is -0.358 e. The first kappa shape index (κ1) is 11.7. The highest BCUT2D eigenvalue weighted by atomic mass is 35.5. The molecule has 96 valence electrons. The van der Waals surface area contributed by atoms with E-state index < -0.39 is 4.92 Å². The quantitative estimate of drug-likeness (QED) is 0.543. The van der Waals surface area contributed by atoms with Gasteiger partial charge in [0.1, 0.15) is 11.8 Å². The number of aromatic nitrogens is 4. The maximum atomic E-state index is 10.5. The van der Waals surface area contributed by atoms with E-state index in [1.165, 1.54) is 12.5 Å². The Balaban J connectivity index is 1.89. The molecular formula is C11H8ClN5O2. The minimum atomic E-state index is -0.528. The van der Waals surface area contributed by atoms with E-state index in [9.17, 15) is 10.1 Å². The molecule has 0 aliphatic rings. The molecule has 3 heterocycles. The summed E-state index contributed by atoms with van der Waals surface area (Å²) in [6.07, 6.45) is 6.36. The van der Waals surface area contributed by atoms with E-state index in [1.807, 2.05) is 16.7 Å². The summed E-state index contributed by atoms with van der Waals surface area (Å²) in [5.41, 5.74) is 1.54. The normalized spacial score (nSPS) is 11.0. The Kier molecular flexibility index (Phi) is 2.68. The highest BCUT2D eigenvalue weighted by molar-refractivity contribution is 6.30. The average Bonchev–Trinajstić information content (AvgIpc) is 2.95. The predicted octanol–water partition coefficient (Wildman–Crippen LogP) is 2.14. The average molecular weight is 278 g/mol. The van der Waals surface area contributed by atoms with Crippen molar-refractivity contribution in [3.8, 4) is 0 Å². The van der Waals surface area contributed by atoms with E-state index in [0.29, 0.717) is 11.6 Å². The molecule has 3 rings (SSSR count). The van der Waals surface area contributed by atoms with Gasteiger partial charge in [0.15, 0.2) is 0 Å². The minimum absolute atomic E-state index is 0.174. The number of fused-ring (bicyclic) bond motifs is 1. The van der Waals surface area contributed by atoms with Crippen molar-refractivity contribution < 1.29 is 4.92 Å². The van der Waals surface area contributed by atoms with Crippen LogP contribution in [0, 0.1) is 10.1 Å². The molecule has 0 aliphatic carbocycles. The summed E-state index contributed by atoms with van der Waals surface area (Å²) in [4.78, 5) is 18.1. The Morgan fingerprint density at radius 1 is 1.32 bits per heavy atom. The van der Waals surface area contributed by atoms with Crippen LogP contribution in [-0.2, 0) is 6.54 Å². The van der Waals surface area contributed by atoms with E-state index in [-0.39, 0.29) is 5.82 Å². The number of pyridine rings is 1. The van der Waals surface area contributed by atoms with Crippen LogP contribution < -0.4 is 0 Å². The second-order valence-corrected chi connectivity index (χ2v) is 4.44. The first-order valence-electron chi connectivity index (χ1n) is 5.41. The summed E-state index contributed by atoms with van der Waals surface area (Å²) >= 11 is 5.89. The zero-order chi connectivity index (χ0) is 13.4. The SMILES string of the molecule is O=[N+]([O-])c1cn(Cc2cn3cc(Cl)ccc3n2)cn1. The number of nitrogens with zero attached hydrogens (tertiary/aromatic N) is 5. The van der Waals surface area contributed by atoms with Crippen molar-refractivity contribution in [1.29, 1.82) is 0 Å². The molecule has 0 unspecified atom stereocenters. The molecule has 0 bridgehead atoms. The lowest BCUT2D eigenvalue weighted by Crippen LogP contribution is -1.96. The van der Waals surface area contributed by atoms with Gasteiger partial charge in [0.25, 0.3) is 0 Å². The van der Waals surface area contributed by atoms with Gasteiger partial charge in [-0.05, 0) is 22.0 Å². The van der Waals surface area contributed by atoms with Crippen LogP contribution in [0.2, 0.25) is 5.02 Å². The van der Waals surface area contributed by atoms with E-state index in [4.69, 9.17) is 11.6 Å². The summed E-state index contributed by atoms with van der Waals surface area (Å²) in [5, 5.41) is 11.2. The third kappa shape index (κ3) is 2.27. The van der Waals surface area contributed by atoms with Crippen molar-refractivity contribution in [1.82, 2.24) is 18.9 Å². The van der Waals surface area contributed by atoms with Gasteiger partial charge in [-0.2, -0.15) is 0 Å². The Morgan fingerprint density at radius 2 is 2.16 bits per heavy atom. The summed E-state index contributed by atoms with van der Waals surface area (Å²) in [6, 6.07) is 3.57. The van der Waals surface area contributed by atoms with Crippen molar-refractivity contribution in [3.63, 3.8) is 0 Å². The number of hydrogen-bond donors (Lipinski definition) is 0. The van der Waals surface area contributed by atoms with E-state index in [1.54, 1.807) is 16.8 Å². The van der Waals surface area contributed by atoms with Crippen LogP contribution in [0.3, 0.4) is 0 Å². The van der Waals surface area contributed by atoms with Crippen LogP contribution in [0.5, 0.6) is 0 Å². The maximum Gasteiger partial charge on any atom is 0.381 e. The summed E-state index contributed by atoms with van der Waals surface area (Å²) in [6.45, 7) is 0.417. The van der Waals surface area contributed by atoms with Crippen molar-refractivity contribution in [2.75, 3.05) is 0 Å². The molecule has 0 atom stereocenters. The lowest BCUT2D eigenvalue weighted by Gasteiger charge is -1.94. The summed E-state index contributed by atoms with van der Waals surface area (Å²) in [7, 11) is 0. The smallest absolute Gasteiger partial charge is 0.358 e. The topological polar surface area (TPSA) is 78.3 Å². The molecule has 0 spiro atoms. The Bertz CT molecular complexity index is 763. The van der Waals surface area contributed by atoms with Gasteiger partial charge in [-0.15, -0.1) is 0 Å². The van der Waals surface area contributed by atoms with Gasteiger partial charge in [-0.3, -0.25) is 0 Å². The Morgan fingerprint density at radius 3 is 2.89 bits per heavy atom. The molecular weight excluding hydrogens is 270 g/mol. The standard InChI is InChI=1S/C11H8ClN5O2/c12-8-1-2-10-14-9(5-16(10)3-8)4-15-6-11(13-7-15)17(18)19/h1-3,5-7H,4H2. The lowest BCUT2D eigenvalue weighted by atomic mass is 10.5. The second-order valence-electron chi connectivity index (χ2n) is 4.01. The molecule has 0 radical (unpaired) electrons. The van der Waals surface area contributed by atoms with Gasteiger partial charge in [0.05, 0.1) is 17.3 Å². The second kappa shape index (κ2) is 4.36. The highest BCUT2D eigenvalue weighted by Crippen LogP contribution is 2.13. The molecule has 19 heavy (non-hydrogen) atoms. The molecule has 0 saturated heterocycles. The molecule has 0 fully saturated rings. The van der Waals surface area contributed by atoms with Crippen LogP contribution in [0.4, 0.5) is 5.82 Å². The van der Waals surface area contributed by atoms with Gasteiger partial charge >= 0.3 is 5.82 Å². The highest BCUT2D eigenvalue weighted by Gasteiger charge is 2.11. The number of nitro groups is 1. The fourth-order valence-corrected chi connectivity index (χ4v) is 1.98. The van der Waals surface area contributed by atoms with E-state index in [0.717, 1.165) is 11.3 Å². The molecule has 0 N–H and O–H groups in total. The van der Waals surface area contributed by atoms with E-state index >= 15 is 0 Å². The molecule has 8 heteroatoms. The van der Waals surface area contributed by atoms with Crippen LogP contribution in [0.1, 0.15) is 5.69 Å². The zero-order valence-corrected chi connectivity index (χ0v) is 10.4. The molecule has 7 nitrogen and oxygen atoms in total. The Labute approximate surface area is 112 Å². The first-order valence-corrected chi connectivity index (χ1v) is 5.79. The van der Waals surface area contributed by atoms with Crippen LogP contribution in [-0.4, -0.2) is 23.9 Å². The van der Waals surface area contributed by atoms with Crippen molar-refractivity contribution in [2.24, 2.45) is 0 Å². The fraction of sp³-hybridized carbons (Fsp3) is 0.0909. The third-order valence-corrected chi connectivity index (χ3v) is 2.84. The predicted molar refractivity (Wildman–Crippen MR) is 68.2 cm³/mol. The van der Waals surface area contributed by atoms with E-state index in [2.05, 4.69) is 9.97 Å². The van der Waals surface area contributed by atoms with Crippen LogP contribution >= 0.6 is 11.6 Å². The third-order valence-electron chi connectivity index (χ3n) is 2.62. The Hall–Kier alpha value is -2.41. The molecule has 3 aromatic rings. The zero-order valence-electron chi connectivity index (χ0n) is 9.60. The maximum absolute atomic E-state index is 10.5. The molecule has 0 aliphatic heterocycles. The van der Waals surface area contributed by atoms with Gasteiger partial charge in [-0.25, -0.2) is 4.98 Å². The molecule has 0 saturated carbocycles. The van der Waals surface area contributed by atoms with Gasteiger partial charge < -0.3 is 19.1 Å². The monoisotopic (exact) mass is 277 g/mol. The number of hydrogen-bond acceptors (Lipinski definition) is 4. The summed E-state index contributed by atoms with van der Waals surface area (Å²) in [5.74, 6) is -0.174. The van der Waals surface area contributed by atoms with Crippen LogP contribution in [0.15, 0.2) is 37.1 Å². The van der Waals surface area contributed by atoms with Crippen molar-refractivity contribution in [3.05, 3.63) is 57.9 Å². The van der Waals surface area contributed by atoms with Crippen molar-refractivity contribution >= 4 is 23.1 Å². The largest absolute Gasteiger partial charge is 0.381 e. The molecule has 3 aromatic heterocycles. The number of halogens is 1. The molecule has 0 aromatic carbocycles. The van der Waals surface area contributed by atoms with Gasteiger partial charge in [-0.1, -0.05) is 11.6 Å². The fourth-order valence-electron chi connectivity index (χ4n) is 1.81. The number of imidazole rings is 2. The van der Waals surface area contributed by atoms with Crippen molar-refractivity contribution in [2.45, 2.75) is 6.54 Å². The van der Waals surface area contributed by atoms with Gasteiger partial charge in [0.2, 0.25) is 6.33 Å². The lowest BCUT2D eigenvalue weighted by molar-refractivity contribution is -0.389.